The Morgan fingerprint density at radius 3 is 2.81 bits per heavy atom. The number of phenolic OH excluding ortho intramolecular Hbond substituents is 1. The zero-order chi connectivity index (χ0) is 22.7. The van der Waals surface area contributed by atoms with Crippen LogP contribution in [0.4, 0.5) is 5.82 Å². The molecule has 1 saturated heterocycles. The Labute approximate surface area is 193 Å². The summed E-state index contributed by atoms with van der Waals surface area (Å²) < 4.78 is 0. The summed E-state index contributed by atoms with van der Waals surface area (Å²) in [5.74, 6) is 1.03. The van der Waals surface area contributed by atoms with E-state index in [0.29, 0.717) is 17.8 Å². The number of para-hydroxylation sites is 1. The Morgan fingerprint density at radius 2 is 2.09 bits per heavy atom. The fourth-order valence-corrected chi connectivity index (χ4v) is 5.04. The van der Waals surface area contributed by atoms with Crippen molar-refractivity contribution in [2.45, 2.75) is 25.8 Å². The van der Waals surface area contributed by atoms with Crippen LogP contribution < -0.4 is 10.2 Å². The molecular weight excluding hydrogens is 420 g/mol. The maximum absolute atomic E-state index is 13.0. The van der Waals surface area contributed by atoms with Gasteiger partial charge in [0.05, 0.1) is 5.69 Å². The number of anilines is 1. The summed E-state index contributed by atoms with van der Waals surface area (Å²) in [4.78, 5) is 23.2. The lowest BCUT2D eigenvalue weighted by atomic mass is 10.1. The van der Waals surface area contributed by atoms with Crippen LogP contribution in [0.15, 0.2) is 47.8 Å². The van der Waals surface area contributed by atoms with Gasteiger partial charge in [-0.15, -0.1) is 11.3 Å². The van der Waals surface area contributed by atoms with Crippen LogP contribution in [0.5, 0.6) is 5.75 Å². The SMILES string of the molecule is Cc1ccsc1-c1cc(-c2ccccc2O)nc(N2CCC[C@H]2C(=O)NCCN(C)C)c1. The standard InChI is InChI=1S/C25H30N4O2S/c1-17-10-14-32-24(17)18-15-20(19-7-4-5-9-22(19)30)27-23(16-18)29-12-6-8-21(29)25(31)26-11-13-28(2)3/h4-5,7,9-10,14-16,21,30H,6,8,11-13H2,1-3H3,(H,26,31)/t21-/m0/s1. The van der Waals surface area contributed by atoms with E-state index in [9.17, 15) is 9.90 Å². The molecule has 0 radical (unpaired) electrons. The number of amides is 1. The van der Waals surface area contributed by atoms with E-state index >= 15 is 0 Å². The predicted octanol–water partition coefficient (Wildman–Crippen LogP) is 4.14. The predicted molar refractivity (Wildman–Crippen MR) is 131 cm³/mol. The molecule has 1 fully saturated rings. The number of hydrogen-bond acceptors (Lipinski definition) is 6. The molecule has 168 valence electrons. The highest BCUT2D eigenvalue weighted by molar-refractivity contribution is 7.13. The molecule has 2 N–H and O–H groups in total. The molecule has 3 aromatic rings. The van der Waals surface area contributed by atoms with Crippen molar-refractivity contribution in [3.63, 3.8) is 0 Å². The smallest absolute Gasteiger partial charge is 0.242 e. The highest BCUT2D eigenvalue weighted by Gasteiger charge is 2.32. The van der Waals surface area contributed by atoms with E-state index in [2.05, 4.69) is 39.6 Å². The van der Waals surface area contributed by atoms with Crippen LogP contribution in [-0.2, 0) is 4.79 Å². The van der Waals surface area contributed by atoms with E-state index in [-0.39, 0.29) is 17.7 Å². The van der Waals surface area contributed by atoms with Gasteiger partial charge in [0.2, 0.25) is 5.91 Å². The number of benzene rings is 1. The second-order valence-corrected chi connectivity index (χ2v) is 9.41. The summed E-state index contributed by atoms with van der Waals surface area (Å²) in [5.41, 5.74) is 3.66. The van der Waals surface area contributed by atoms with Gasteiger partial charge in [0.15, 0.2) is 0 Å². The van der Waals surface area contributed by atoms with Crippen LogP contribution >= 0.6 is 11.3 Å². The average Bonchev–Trinajstić information content (AvgIpc) is 3.42. The average molecular weight is 451 g/mol. The Hall–Kier alpha value is -2.90. The normalized spacial score (nSPS) is 16.0. The number of nitrogens with zero attached hydrogens (tertiary/aromatic N) is 3. The van der Waals surface area contributed by atoms with Crippen molar-refractivity contribution < 1.29 is 9.90 Å². The van der Waals surface area contributed by atoms with E-state index in [1.807, 2.05) is 38.4 Å². The lowest BCUT2D eigenvalue weighted by Gasteiger charge is -2.26. The third-order valence-electron chi connectivity index (χ3n) is 5.82. The number of rotatable bonds is 7. The molecule has 1 aliphatic rings. The van der Waals surface area contributed by atoms with Gasteiger partial charge in [-0.05, 0) is 80.7 Å². The maximum atomic E-state index is 13.0. The van der Waals surface area contributed by atoms with Gasteiger partial charge in [0.25, 0.3) is 0 Å². The van der Waals surface area contributed by atoms with Crippen LogP contribution in [0.25, 0.3) is 21.7 Å². The van der Waals surface area contributed by atoms with E-state index < -0.39 is 0 Å². The number of likely N-dealkylation sites (N-methyl/N-ethyl adjacent to an activating group) is 1. The second kappa shape index (κ2) is 9.71. The van der Waals surface area contributed by atoms with Crippen molar-refractivity contribution in [1.29, 1.82) is 0 Å². The van der Waals surface area contributed by atoms with Gasteiger partial charge in [0, 0.05) is 30.1 Å². The topological polar surface area (TPSA) is 68.7 Å². The van der Waals surface area contributed by atoms with Crippen molar-refractivity contribution in [2.24, 2.45) is 0 Å². The number of nitrogens with one attached hydrogen (secondary N) is 1. The highest BCUT2D eigenvalue weighted by atomic mass is 32.1. The summed E-state index contributed by atoms with van der Waals surface area (Å²) in [5, 5.41) is 15.6. The molecule has 1 aliphatic heterocycles. The molecular formula is C25H30N4O2S. The molecule has 4 rings (SSSR count). The second-order valence-electron chi connectivity index (χ2n) is 8.49. The minimum Gasteiger partial charge on any atom is -0.507 e. The number of aryl methyl sites for hydroxylation is 1. The van der Waals surface area contributed by atoms with Gasteiger partial charge in [0.1, 0.15) is 17.6 Å². The summed E-state index contributed by atoms with van der Waals surface area (Å²) in [6.45, 7) is 4.32. The number of carbonyl (C=O) groups is 1. The summed E-state index contributed by atoms with van der Waals surface area (Å²) >= 11 is 1.69. The fraction of sp³-hybridized carbons (Fsp3) is 0.360. The third kappa shape index (κ3) is 4.79. The lowest BCUT2D eigenvalue weighted by Crippen LogP contribution is -2.45. The van der Waals surface area contributed by atoms with Crippen LogP contribution in [-0.4, -0.2) is 60.7 Å². The molecule has 0 saturated carbocycles. The highest BCUT2D eigenvalue weighted by Crippen LogP contribution is 2.37. The molecule has 3 heterocycles. The molecule has 6 nitrogen and oxygen atoms in total. The maximum Gasteiger partial charge on any atom is 0.242 e. The zero-order valence-electron chi connectivity index (χ0n) is 18.8. The first kappa shape index (κ1) is 22.3. The number of aromatic nitrogens is 1. The monoisotopic (exact) mass is 450 g/mol. The van der Waals surface area contributed by atoms with Crippen LogP contribution in [0.2, 0.25) is 0 Å². The van der Waals surface area contributed by atoms with Gasteiger partial charge >= 0.3 is 0 Å². The van der Waals surface area contributed by atoms with Gasteiger partial charge < -0.3 is 20.2 Å². The fourth-order valence-electron chi connectivity index (χ4n) is 4.12. The number of carbonyl (C=O) groups excluding carboxylic acids is 1. The lowest BCUT2D eigenvalue weighted by molar-refractivity contribution is -0.122. The zero-order valence-corrected chi connectivity index (χ0v) is 19.7. The molecule has 32 heavy (non-hydrogen) atoms. The number of aromatic hydroxyl groups is 1. The number of pyridine rings is 1. The van der Waals surface area contributed by atoms with E-state index in [4.69, 9.17) is 4.98 Å². The molecule has 1 atom stereocenters. The molecule has 0 unspecified atom stereocenters. The van der Waals surface area contributed by atoms with E-state index in [1.54, 1.807) is 17.4 Å². The van der Waals surface area contributed by atoms with Crippen LogP contribution in [0.1, 0.15) is 18.4 Å². The van der Waals surface area contributed by atoms with Crippen molar-refractivity contribution in [1.82, 2.24) is 15.2 Å². The van der Waals surface area contributed by atoms with Gasteiger partial charge in [-0.1, -0.05) is 12.1 Å². The molecule has 7 heteroatoms. The first-order valence-corrected chi connectivity index (χ1v) is 11.9. The third-order valence-corrected chi connectivity index (χ3v) is 6.89. The van der Waals surface area contributed by atoms with Crippen molar-refractivity contribution in [2.75, 3.05) is 38.6 Å². The summed E-state index contributed by atoms with van der Waals surface area (Å²) in [6.07, 6.45) is 1.76. The molecule has 0 spiro atoms. The first-order valence-electron chi connectivity index (χ1n) is 11.0. The van der Waals surface area contributed by atoms with E-state index in [0.717, 1.165) is 37.3 Å². The Kier molecular flexibility index (Phi) is 6.77. The van der Waals surface area contributed by atoms with E-state index in [1.165, 1.54) is 10.4 Å². The molecule has 2 aromatic heterocycles. The van der Waals surface area contributed by atoms with Crippen molar-refractivity contribution in [3.8, 4) is 27.4 Å². The van der Waals surface area contributed by atoms with Gasteiger partial charge in [-0.2, -0.15) is 0 Å². The minimum atomic E-state index is -0.235. The summed E-state index contributed by atoms with van der Waals surface area (Å²) in [7, 11) is 3.99. The van der Waals surface area contributed by atoms with Crippen LogP contribution in [0, 0.1) is 6.92 Å². The quantitative estimate of drug-likeness (QED) is 0.566. The summed E-state index contributed by atoms with van der Waals surface area (Å²) in [6, 6.07) is 13.2. The molecule has 1 aromatic carbocycles. The Balaban J connectivity index is 1.71. The molecule has 0 bridgehead atoms. The number of hydrogen-bond donors (Lipinski definition) is 2. The molecule has 1 amide bonds. The molecule has 0 aliphatic carbocycles. The minimum absolute atomic E-state index is 0.0490. The first-order chi connectivity index (χ1) is 15.4. The van der Waals surface area contributed by atoms with Crippen molar-refractivity contribution in [3.05, 3.63) is 53.4 Å². The van der Waals surface area contributed by atoms with Crippen LogP contribution in [0.3, 0.4) is 0 Å². The Morgan fingerprint density at radius 1 is 1.28 bits per heavy atom. The Bertz CT molecular complexity index is 1100. The number of phenols is 1. The van der Waals surface area contributed by atoms with Gasteiger partial charge in [-0.3, -0.25) is 4.79 Å². The largest absolute Gasteiger partial charge is 0.507 e. The van der Waals surface area contributed by atoms with Gasteiger partial charge in [-0.25, -0.2) is 4.98 Å². The van der Waals surface area contributed by atoms with Crippen molar-refractivity contribution >= 4 is 23.1 Å². The number of thiophene rings is 1.